The molecule has 0 N–H and O–H groups in total. The van der Waals surface area contributed by atoms with Crippen LogP contribution in [0.1, 0.15) is 28.7 Å². The number of aryl methyl sites for hydroxylation is 2. The Kier molecular flexibility index (Phi) is 3.95. The van der Waals surface area contributed by atoms with Gasteiger partial charge in [-0.15, -0.1) is 0 Å². The molecular formula is C14H20N2. The first-order chi connectivity index (χ1) is 7.49. The highest BCUT2D eigenvalue weighted by Gasteiger charge is 2.11. The molecule has 2 nitrogen and oxygen atoms in total. The molecule has 86 valence electrons. The van der Waals surface area contributed by atoms with Crippen LogP contribution in [0.15, 0.2) is 6.07 Å². The van der Waals surface area contributed by atoms with Gasteiger partial charge in [0.1, 0.15) is 0 Å². The quantitative estimate of drug-likeness (QED) is 0.775. The van der Waals surface area contributed by atoms with Crippen molar-refractivity contribution in [2.24, 2.45) is 0 Å². The fourth-order valence-corrected chi connectivity index (χ4v) is 2.10. The lowest BCUT2D eigenvalue weighted by atomic mass is 9.98. The van der Waals surface area contributed by atoms with Gasteiger partial charge >= 0.3 is 0 Å². The van der Waals surface area contributed by atoms with E-state index in [1.165, 1.54) is 27.9 Å². The molecule has 0 aliphatic carbocycles. The van der Waals surface area contributed by atoms with Gasteiger partial charge in [-0.05, 0) is 49.9 Å². The standard InChI is InChI=1S/C14H20N2/c1-10-9-11(2)13(4)14(12(10)3)16(5)8-6-7-15/h9H,6,8H2,1-5H3. The van der Waals surface area contributed by atoms with E-state index < -0.39 is 0 Å². The zero-order chi connectivity index (χ0) is 12.3. The minimum Gasteiger partial charge on any atom is -0.373 e. The summed E-state index contributed by atoms with van der Waals surface area (Å²) in [5, 5.41) is 8.63. The van der Waals surface area contributed by atoms with Crippen LogP contribution in [-0.2, 0) is 0 Å². The van der Waals surface area contributed by atoms with Crippen molar-refractivity contribution < 1.29 is 0 Å². The monoisotopic (exact) mass is 216 g/mol. The van der Waals surface area contributed by atoms with Crippen LogP contribution < -0.4 is 4.90 Å². The van der Waals surface area contributed by atoms with Crippen molar-refractivity contribution in [1.29, 1.82) is 5.26 Å². The van der Waals surface area contributed by atoms with Crippen LogP contribution in [0.4, 0.5) is 5.69 Å². The van der Waals surface area contributed by atoms with Gasteiger partial charge in [-0.2, -0.15) is 5.26 Å². The molecule has 0 atom stereocenters. The molecule has 0 bridgehead atoms. The number of rotatable bonds is 3. The maximum atomic E-state index is 8.63. The average molecular weight is 216 g/mol. The number of nitrogens with zero attached hydrogens (tertiary/aromatic N) is 2. The molecular weight excluding hydrogens is 196 g/mol. The zero-order valence-corrected chi connectivity index (χ0v) is 10.9. The Morgan fingerprint density at radius 2 is 1.62 bits per heavy atom. The number of benzene rings is 1. The normalized spacial score (nSPS) is 10.0. The summed E-state index contributed by atoms with van der Waals surface area (Å²) in [4.78, 5) is 2.19. The predicted octanol–water partition coefficient (Wildman–Crippen LogP) is 3.27. The third kappa shape index (κ3) is 2.36. The van der Waals surface area contributed by atoms with E-state index in [9.17, 15) is 0 Å². The molecule has 0 aliphatic heterocycles. The third-order valence-electron chi connectivity index (χ3n) is 3.27. The van der Waals surface area contributed by atoms with Gasteiger partial charge in [-0.3, -0.25) is 0 Å². The van der Waals surface area contributed by atoms with Crippen LogP contribution in [0.25, 0.3) is 0 Å². The summed E-state index contributed by atoms with van der Waals surface area (Å²) in [6, 6.07) is 4.42. The zero-order valence-electron chi connectivity index (χ0n) is 10.9. The van der Waals surface area contributed by atoms with E-state index in [1.54, 1.807) is 0 Å². The van der Waals surface area contributed by atoms with Crippen molar-refractivity contribution in [3.05, 3.63) is 28.3 Å². The van der Waals surface area contributed by atoms with Gasteiger partial charge in [0, 0.05) is 19.3 Å². The summed E-state index contributed by atoms with van der Waals surface area (Å²) >= 11 is 0. The molecule has 0 fully saturated rings. The van der Waals surface area contributed by atoms with E-state index in [2.05, 4.69) is 51.8 Å². The molecule has 0 heterocycles. The summed E-state index contributed by atoms with van der Waals surface area (Å²) in [5.41, 5.74) is 6.57. The van der Waals surface area contributed by atoms with Gasteiger partial charge < -0.3 is 4.90 Å². The summed E-state index contributed by atoms with van der Waals surface area (Å²) < 4.78 is 0. The van der Waals surface area contributed by atoms with E-state index in [0.29, 0.717) is 6.42 Å². The fourth-order valence-electron chi connectivity index (χ4n) is 2.10. The van der Waals surface area contributed by atoms with Gasteiger partial charge in [-0.25, -0.2) is 0 Å². The molecule has 0 unspecified atom stereocenters. The Balaban J connectivity index is 3.17. The number of hydrogen-bond donors (Lipinski definition) is 0. The fraction of sp³-hybridized carbons (Fsp3) is 0.500. The number of nitriles is 1. The Morgan fingerprint density at radius 3 is 2.06 bits per heavy atom. The van der Waals surface area contributed by atoms with Crippen LogP contribution in [0.2, 0.25) is 0 Å². The first kappa shape index (κ1) is 12.6. The highest BCUT2D eigenvalue weighted by Crippen LogP contribution is 2.29. The minimum atomic E-state index is 0.572. The maximum absolute atomic E-state index is 8.63. The van der Waals surface area contributed by atoms with Crippen LogP contribution in [0.3, 0.4) is 0 Å². The minimum absolute atomic E-state index is 0.572. The Morgan fingerprint density at radius 1 is 1.12 bits per heavy atom. The highest BCUT2D eigenvalue weighted by molar-refractivity contribution is 5.63. The summed E-state index contributed by atoms with van der Waals surface area (Å²) in [7, 11) is 2.06. The van der Waals surface area contributed by atoms with Gasteiger partial charge in [0.25, 0.3) is 0 Å². The lowest BCUT2D eigenvalue weighted by Crippen LogP contribution is -2.21. The molecule has 1 rings (SSSR count). The smallest absolute Gasteiger partial charge is 0.0640 e. The maximum Gasteiger partial charge on any atom is 0.0640 e. The molecule has 0 aliphatic rings. The highest BCUT2D eigenvalue weighted by atomic mass is 15.1. The second-order valence-corrected chi connectivity index (χ2v) is 4.44. The molecule has 1 aromatic rings. The number of hydrogen-bond acceptors (Lipinski definition) is 2. The molecule has 0 aromatic heterocycles. The molecule has 1 aromatic carbocycles. The molecule has 0 saturated carbocycles. The SMILES string of the molecule is Cc1cc(C)c(C)c(N(C)CCC#N)c1C. The summed E-state index contributed by atoms with van der Waals surface area (Å²) in [5.74, 6) is 0. The van der Waals surface area contributed by atoms with Crippen molar-refractivity contribution in [3.63, 3.8) is 0 Å². The van der Waals surface area contributed by atoms with E-state index in [1.807, 2.05) is 0 Å². The van der Waals surface area contributed by atoms with Crippen molar-refractivity contribution in [1.82, 2.24) is 0 Å². The Labute approximate surface area is 98.5 Å². The molecule has 0 radical (unpaired) electrons. The Bertz CT molecular complexity index is 401. The predicted molar refractivity (Wildman–Crippen MR) is 68.9 cm³/mol. The van der Waals surface area contributed by atoms with Crippen molar-refractivity contribution in [2.45, 2.75) is 34.1 Å². The molecule has 0 amide bonds. The lowest BCUT2D eigenvalue weighted by molar-refractivity contribution is 0.892. The molecule has 2 heteroatoms. The molecule has 0 spiro atoms. The van der Waals surface area contributed by atoms with Crippen molar-refractivity contribution in [2.75, 3.05) is 18.5 Å². The second kappa shape index (κ2) is 5.03. The van der Waals surface area contributed by atoms with Crippen LogP contribution in [-0.4, -0.2) is 13.6 Å². The summed E-state index contributed by atoms with van der Waals surface area (Å²) in [6.45, 7) is 9.38. The number of anilines is 1. The van der Waals surface area contributed by atoms with Crippen LogP contribution in [0, 0.1) is 39.0 Å². The van der Waals surface area contributed by atoms with E-state index in [-0.39, 0.29) is 0 Å². The van der Waals surface area contributed by atoms with E-state index in [4.69, 9.17) is 5.26 Å². The molecule has 0 saturated heterocycles. The van der Waals surface area contributed by atoms with Crippen LogP contribution in [0.5, 0.6) is 0 Å². The van der Waals surface area contributed by atoms with Gasteiger partial charge in [-0.1, -0.05) is 6.07 Å². The molecule has 16 heavy (non-hydrogen) atoms. The largest absolute Gasteiger partial charge is 0.373 e. The van der Waals surface area contributed by atoms with Gasteiger partial charge in [0.2, 0.25) is 0 Å². The van der Waals surface area contributed by atoms with Crippen molar-refractivity contribution in [3.8, 4) is 6.07 Å². The van der Waals surface area contributed by atoms with E-state index in [0.717, 1.165) is 6.54 Å². The van der Waals surface area contributed by atoms with Crippen molar-refractivity contribution >= 4 is 5.69 Å². The third-order valence-corrected chi connectivity index (χ3v) is 3.27. The van der Waals surface area contributed by atoms with Gasteiger partial charge in [0.05, 0.1) is 12.5 Å². The average Bonchev–Trinajstić information content (AvgIpc) is 2.24. The second-order valence-electron chi connectivity index (χ2n) is 4.44. The van der Waals surface area contributed by atoms with E-state index >= 15 is 0 Å². The first-order valence-corrected chi connectivity index (χ1v) is 5.64. The van der Waals surface area contributed by atoms with Gasteiger partial charge in [0.15, 0.2) is 0 Å². The first-order valence-electron chi connectivity index (χ1n) is 5.64. The lowest BCUT2D eigenvalue weighted by Gasteiger charge is -2.25. The van der Waals surface area contributed by atoms with Crippen LogP contribution >= 0.6 is 0 Å². The Hall–Kier alpha value is -1.49. The summed E-state index contributed by atoms with van der Waals surface area (Å²) in [6.07, 6.45) is 0.572. The topological polar surface area (TPSA) is 27.0 Å².